The van der Waals surface area contributed by atoms with Crippen LogP contribution in [0, 0.1) is 0 Å². The van der Waals surface area contributed by atoms with Crippen molar-refractivity contribution in [2.75, 3.05) is 7.05 Å². The first-order valence-corrected chi connectivity index (χ1v) is 4.35. The summed E-state index contributed by atoms with van der Waals surface area (Å²) in [4.78, 5) is 0. The van der Waals surface area contributed by atoms with Crippen molar-refractivity contribution in [3.8, 4) is 0 Å². The molecule has 4 heteroatoms. The maximum atomic E-state index is 11.9. The molecule has 2 nitrogen and oxygen atoms in total. The van der Waals surface area contributed by atoms with Gasteiger partial charge >= 0.3 is 6.61 Å². The van der Waals surface area contributed by atoms with E-state index in [2.05, 4.69) is 10.1 Å². The van der Waals surface area contributed by atoms with Crippen LogP contribution in [0.5, 0.6) is 0 Å². The van der Waals surface area contributed by atoms with Crippen molar-refractivity contribution in [1.29, 1.82) is 0 Å². The zero-order chi connectivity index (χ0) is 8.97. The van der Waals surface area contributed by atoms with Crippen LogP contribution in [0.1, 0.15) is 25.7 Å². The quantitative estimate of drug-likeness (QED) is 0.712. The minimum atomic E-state index is -2.64. The summed E-state index contributed by atoms with van der Waals surface area (Å²) in [6.45, 7) is -2.64. The van der Waals surface area contributed by atoms with Gasteiger partial charge in [0.15, 0.2) is 0 Å². The van der Waals surface area contributed by atoms with Crippen LogP contribution >= 0.6 is 0 Å². The fourth-order valence-corrected chi connectivity index (χ4v) is 1.72. The zero-order valence-corrected chi connectivity index (χ0v) is 7.22. The minimum absolute atomic E-state index is 0.104. The lowest BCUT2D eigenvalue weighted by Crippen LogP contribution is -2.42. The first-order valence-electron chi connectivity index (χ1n) is 4.35. The Hall–Kier alpha value is -0.220. The van der Waals surface area contributed by atoms with Gasteiger partial charge < -0.3 is 10.1 Å². The van der Waals surface area contributed by atoms with Crippen LogP contribution in [0.3, 0.4) is 0 Å². The van der Waals surface area contributed by atoms with E-state index in [1.54, 1.807) is 7.05 Å². The van der Waals surface area contributed by atoms with Crippen LogP contribution in [0.4, 0.5) is 8.78 Å². The lowest BCUT2D eigenvalue weighted by molar-refractivity contribution is -0.175. The third-order valence-electron chi connectivity index (χ3n) is 2.35. The number of likely N-dealkylation sites (N-methyl/N-ethyl adjacent to an activating group) is 1. The van der Waals surface area contributed by atoms with Gasteiger partial charge in [0.2, 0.25) is 0 Å². The number of rotatable bonds is 3. The summed E-state index contributed by atoms with van der Waals surface area (Å²) in [6.07, 6.45) is 3.48. The highest BCUT2D eigenvalue weighted by Crippen LogP contribution is 2.22. The van der Waals surface area contributed by atoms with E-state index in [-0.39, 0.29) is 12.1 Å². The lowest BCUT2D eigenvalue weighted by atomic mass is 9.93. The van der Waals surface area contributed by atoms with Crippen molar-refractivity contribution in [3.63, 3.8) is 0 Å². The van der Waals surface area contributed by atoms with E-state index in [4.69, 9.17) is 0 Å². The van der Waals surface area contributed by atoms with Crippen molar-refractivity contribution >= 4 is 0 Å². The molecular weight excluding hydrogens is 164 g/mol. The van der Waals surface area contributed by atoms with E-state index >= 15 is 0 Å². The lowest BCUT2D eigenvalue weighted by Gasteiger charge is -2.30. The molecule has 0 aromatic rings. The maximum Gasteiger partial charge on any atom is 0.345 e. The minimum Gasteiger partial charge on any atom is -0.318 e. The molecule has 2 atom stereocenters. The fourth-order valence-electron chi connectivity index (χ4n) is 1.72. The molecule has 12 heavy (non-hydrogen) atoms. The fraction of sp³-hybridized carbons (Fsp3) is 1.00. The van der Waals surface area contributed by atoms with E-state index in [1.807, 2.05) is 0 Å². The second-order valence-electron chi connectivity index (χ2n) is 3.11. The first-order chi connectivity index (χ1) is 5.74. The summed E-state index contributed by atoms with van der Waals surface area (Å²) >= 11 is 0. The molecule has 1 aliphatic rings. The SMILES string of the molecule is CNC1CCCCC1OC(F)F. The average Bonchev–Trinajstić information content (AvgIpc) is 2.04. The predicted molar refractivity (Wildman–Crippen MR) is 42.2 cm³/mol. The Morgan fingerprint density at radius 1 is 1.33 bits per heavy atom. The smallest absolute Gasteiger partial charge is 0.318 e. The zero-order valence-electron chi connectivity index (χ0n) is 7.22. The molecule has 0 heterocycles. The molecule has 0 bridgehead atoms. The Kier molecular flexibility index (Phi) is 3.88. The number of alkyl halides is 2. The first kappa shape index (κ1) is 9.86. The number of halogens is 2. The molecule has 0 spiro atoms. The Bertz CT molecular complexity index is 132. The molecule has 0 aliphatic heterocycles. The van der Waals surface area contributed by atoms with Gasteiger partial charge in [-0.05, 0) is 19.9 Å². The van der Waals surface area contributed by atoms with Gasteiger partial charge in [0.1, 0.15) is 0 Å². The molecule has 1 rings (SSSR count). The Morgan fingerprint density at radius 2 is 2.00 bits per heavy atom. The Morgan fingerprint density at radius 3 is 2.58 bits per heavy atom. The van der Waals surface area contributed by atoms with Gasteiger partial charge in [0.05, 0.1) is 6.10 Å². The standard InChI is InChI=1S/C8H15F2NO/c1-11-6-4-2-3-5-7(6)12-8(9)10/h6-8,11H,2-5H2,1H3. The van der Waals surface area contributed by atoms with Crippen LogP contribution in [-0.4, -0.2) is 25.8 Å². The van der Waals surface area contributed by atoms with E-state index < -0.39 is 6.61 Å². The van der Waals surface area contributed by atoms with Gasteiger partial charge in [-0.25, -0.2) is 0 Å². The van der Waals surface area contributed by atoms with Gasteiger partial charge in [-0.15, -0.1) is 0 Å². The highest BCUT2D eigenvalue weighted by molar-refractivity contribution is 4.80. The van der Waals surface area contributed by atoms with E-state index in [1.165, 1.54) is 0 Å². The number of nitrogens with one attached hydrogen (secondary N) is 1. The van der Waals surface area contributed by atoms with E-state index in [0.717, 1.165) is 25.7 Å². The summed E-state index contributed by atoms with van der Waals surface area (Å²) in [6, 6.07) is 0.104. The molecule has 1 aliphatic carbocycles. The highest BCUT2D eigenvalue weighted by Gasteiger charge is 2.26. The molecule has 1 N–H and O–H groups in total. The van der Waals surface area contributed by atoms with Gasteiger partial charge in [0, 0.05) is 6.04 Å². The van der Waals surface area contributed by atoms with Crippen LogP contribution in [0.15, 0.2) is 0 Å². The normalized spacial score (nSPS) is 31.0. The van der Waals surface area contributed by atoms with Crippen molar-refractivity contribution < 1.29 is 13.5 Å². The van der Waals surface area contributed by atoms with Gasteiger partial charge in [-0.2, -0.15) is 8.78 Å². The Balaban J connectivity index is 2.36. The molecule has 1 fully saturated rings. The summed E-state index contributed by atoms with van der Waals surface area (Å²) in [5.74, 6) is 0. The molecule has 0 aromatic heterocycles. The predicted octanol–water partition coefficient (Wildman–Crippen LogP) is 1.76. The monoisotopic (exact) mass is 179 g/mol. The van der Waals surface area contributed by atoms with Crippen LogP contribution in [-0.2, 0) is 4.74 Å². The second-order valence-corrected chi connectivity index (χ2v) is 3.11. The third-order valence-corrected chi connectivity index (χ3v) is 2.35. The highest BCUT2D eigenvalue weighted by atomic mass is 19.3. The molecule has 0 saturated heterocycles. The summed E-state index contributed by atoms with van der Waals surface area (Å²) in [5, 5.41) is 3.00. The van der Waals surface area contributed by atoms with Crippen molar-refractivity contribution in [3.05, 3.63) is 0 Å². The summed E-state index contributed by atoms with van der Waals surface area (Å²) in [5.41, 5.74) is 0. The number of hydrogen-bond acceptors (Lipinski definition) is 2. The third kappa shape index (κ3) is 2.68. The second kappa shape index (κ2) is 4.72. The van der Waals surface area contributed by atoms with E-state index in [0.29, 0.717) is 0 Å². The molecule has 0 amide bonds. The van der Waals surface area contributed by atoms with Gasteiger partial charge in [-0.3, -0.25) is 0 Å². The molecule has 0 aromatic carbocycles. The molecule has 0 radical (unpaired) electrons. The number of ether oxygens (including phenoxy) is 1. The molecule has 72 valence electrons. The molecule has 2 unspecified atom stereocenters. The molecule has 1 saturated carbocycles. The van der Waals surface area contributed by atoms with Gasteiger partial charge in [-0.1, -0.05) is 12.8 Å². The molecular formula is C8H15F2NO. The Labute approximate surface area is 71.3 Å². The largest absolute Gasteiger partial charge is 0.345 e. The summed E-state index contributed by atoms with van der Waals surface area (Å²) < 4.78 is 28.3. The van der Waals surface area contributed by atoms with Crippen LogP contribution < -0.4 is 5.32 Å². The van der Waals surface area contributed by atoms with Crippen molar-refractivity contribution in [1.82, 2.24) is 5.32 Å². The summed E-state index contributed by atoms with van der Waals surface area (Å²) in [7, 11) is 1.79. The van der Waals surface area contributed by atoms with Crippen LogP contribution in [0.25, 0.3) is 0 Å². The topological polar surface area (TPSA) is 21.3 Å². The van der Waals surface area contributed by atoms with E-state index in [9.17, 15) is 8.78 Å². The maximum absolute atomic E-state index is 11.9. The van der Waals surface area contributed by atoms with Crippen molar-refractivity contribution in [2.45, 2.75) is 44.4 Å². The average molecular weight is 179 g/mol. The van der Waals surface area contributed by atoms with Gasteiger partial charge in [0.25, 0.3) is 0 Å². The van der Waals surface area contributed by atoms with Crippen molar-refractivity contribution in [2.24, 2.45) is 0 Å². The van der Waals surface area contributed by atoms with Crippen LogP contribution in [0.2, 0.25) is 0 Å². The number of hydrogen-bond donors (Lipinski definition) is 1.